The van der Waals surface area contributed by atoms with E-state index in [2.05, 4.69) is 16.7 Å². The lowest BCUT2D eigenvalue weighted by atomic mass is 10.0. The molecule has 1 aliphatic rings. The second-order valence-corrected chi connectivity index (χ2v) is 10.1. The van der Waals surface area contributed by atoms with Gasteiger partial charge in [0.2, 0.25) is 0 Å². The van der Waals surface area contributed by atoms with Gasteiger partial charge < -0.3 is 24.9 Å². The zero-order chi connectivity index (χ0) is 28.1. The highest BCUT2D eigenvalue weighted by Gasteiger charge is 2.29. The van der Waals surface area contributed by atoms with Crippen LogP contribution in [0.15, 0.2) is 65.1 Å². The number of rotatable bonds is 13. The number of halogens is 1. The molecule has 1 heterocycles. The minimum absolute atomic E-state index is 0.238. The summed E-state index contributed by atoms with van der Waals surface area (Å²) in [5.41, 5.74) is 5.27. The predicted octanol–water partition coefficient (Wildman–Crippen LogP) is 6.63. The van der Waals surface area contributed by atoms with Gasteiger partial charge in [0.25, 0.3) is 5.91 Å². The smallest absolute Gasteiger partial charge is 0.335 e. The summed E-state index contributed by atoms with van der Waals surface area (Å²) < 4.78 is 25.5. The Kier molecular flexibility index (Phi) is 8.45. The van der Waals surface area contributed by atoms with Crippen molar-refractivity contribution >= 4 is 28.5 Å². The van der Waals surface area contributed by atoms with Gasteiger partial charge in [0.15, 0.2) is 0 Å². The third-order valence-electron chi connectivity index (χ3n) is 7.20. The van der Waals surface area contributed by atoms with Crippen LogP contribution in [-0.2, 0) is 11.2 Å². The summed E-state index contributed by atoms with van der Waals surface area (Å²) in [4.78, 5) is 23.8. The van der Waals surface area contributed by atoms with Crippen LogP contribution >= 0.6 is 0 Å². The summed E-state index contributed by atoms with van der Waals surface area (Å²) in [6.07, 6.45) is 4.81. The molecule has 1 amide bonds. The molecule has 0 unspecified atom stereocenters. The number of nitrogens with one attached hydrogen (secondary N) is 2. The van der Waals surface area contributed by atoms with Crippen LogP contribution < -0.4 is 10.6 Å². The van der Waals surface area contributed by atoms with Crippen LogP contribution in [0, 0.1) is 5.82 Å². The topological polar surface area (TPSA) is 101 Å². The van der Waals surface area contributed by atoms with Crippen molar-refractivity contribution in [3.63, 3.8) is 0 Å². The minimum atomic E-state index is -0.923. The second kappa shape index (κ2) is 12.3. The number of carboxylic acids is 1. The largest absolute Gasteiger partial charge is 0.478 e. The number of carbonyl (C=O) groups excluding carboxylic acids is 1. The van der Waals surface area contributed by atoms with E-state index in [0.717, 1.165) is 55.3 Å². The van der Waals surface area contributed by atoms with Crippen LogP contribution in [0.2, 0.25) is 0 Å². The Morgan fingerprint density at radius 2 is 1.77 bits per heavy atom. The molecule has 4 aromatic rings. The Balaban J connectivity index is 1.20. The van der Waals surface area contributed by atoms with Crippen molar-refractivity contribution in [1.29, 1.82) is 0 Å². The number of benzene rings is 3. The number of unbranched alkanes of at least 4 members (excludes halogenated alkanes) is 1. The highest BCUT2D eigenvalue weighted by molar-refractivity contribution is 6.11. The maximum Gasteiger partial charge on any atom is 0.335 e. The molecule has 7 nitrogen and oxygen atoms in total. The number of hydrogen-bond acceptors (Lipinski definition) is 5. The van der Waals surface area contributed by atoms with Gasteiger partial charge in [-0.05, 0) is 91.6 Å². The average molecular weight is 545 g/mol. The van der Waals surface area contributed by atoms with Crippen LogP contribution in [0.5, 0.6) is 0 Å². The number of hydrogen-bond donors (Lipinski definition) is 3. The van der Waals surface area contributed by atoms with E-state index in [1.165, 1.54) is 17.7 Å². The molecule has 0 spiro atoms. The molecule has 0 atom stereocenters. The van der Waals surface area contributed by atoms with Crippen LogP contribution in [-0.4, -0.2) is 43.8 Å². The van der Waals surface area contributed by atoms with Crippen LogP contribution in [0.4, 0.5) is 10.1 Å². The molecule has 0 aliphatic heterocycles. The van der Waals surface area contributed by atoms with Crippen LogP contribution in [0.25, 0.3) is 22.3 Å². The summed E-state index contributed by atoms with van der Waals surface area (Å²) in [6, 6.07) is 16.9. The number of carboxylic acid groups (broad SMARTS) is 1. The number of ether oxygens (including phenoxy) is 1. The number of aromatic carboxylic acids is 1. The highest BCUT2D eigenvalue weighted by Crippen LogP contribution is 2.46. The molecular formula is C32H33FN2O5. The number of fused-ring (bicyclic) bond motifs is 1. The Morgan fingerprint density at radius 1 is 1.02 bits per heavy atom. The van der Waals surface area contributed by atoms with E-state index < -0.39 is 5.97 Å². The van der Waals surface area contributed by atoms with Crippen molar-refractivity contribution < 1.29 is 28.2 Å². The van der Waals surface area contributed by atoms with Crippen molar-refractivity contribution in [2.45, 2.75) is 38.0 Å². The first-order valence-corrected chi connectivity index (χ1v) is 13.7. The van der Waals surface area contributed by atoms with Crippen molar-refractivity contribution in [2.75, 3.05) is 32.1 Å². The van der Waals surface area contributed by atoms with E-state index in [1.54, 1.807) is 31.3 Å². The zero-order valence-electron chi connectivity index (χ0n) is 22.5. The van der Waals surface area contributed by atoms with Gasteiger partial charge in [-0.1, -0.05) is 12.1 Å². The predicted molar refractivity (Wildman–Crippen MR) is 153 cm³/mol. The highest BCUT2D eigenvalue weighted by atomic mass is 19.1. The van der Waals surface area contributed by atoms with Gasteiger partial charge in [-0.25, -0.2) is 9.18 Å². The third-order valence-corrected chi connectivity index (χ3v) is 7.20. The molecule has 1 fully saturated rings. The molecule has 8 heteroatoms. The van der Waals surface area contributed by atoms with E-state index in [0.29, 0.717) is 41.6 Å². The van der Waals surface area contributed by atoms with Crippen molar-refractivity contribution in [3.8, 4) is 11.3 Å². The number of anilines is 1. The van der Waals surface area contributed by atoms with E-state index in [1.807, 2.05) is 18.2 Å². The molecule has 40 heavy (non-hydrogen) atoms. The van der Waals surface area contributed by atoms with Gasteiger partial charge in [-0.3, -0.25) is 4.79 Å². The standard InChI is InChI=1S/C32H33FN2O5/c1-34-31(36)29-26-18-25(21-8-9-21)27(19-28(26)40-30(29)22-10-12-24(33)13-11-22)35-15-2-3-16-39-17-14-20-4-6-23(7-5-20)32(37)38/h4-7,10-13,18-19,21,35H,2-3,8-9,14-17H2,1H3,(H,34,36)(H,37,38). The normalized spacial score (nSPS) is 12.9. The third kappa shape index (κ3) is 6.34. The maximum absolute atomic E-state index is 13.5. The summed E-state index contributed by atoms with van der Waals surface area (Å²) in [6.45, 7) is 2.02. The summed E-state index contributed by atoms with van der Waals surface area (Å²) in [5.74, 6) is -0.614. The number of carbonyl (C=O) groups is 2. The first kappa shape index (κ1) is 27.4. The summed E-state index contributed by atoms with van der Waals surface area (Å²) in [7, 11) is 1.59. The Morgan fingerprint density at radius 3 is 2.45 bits per heavy atom. The van der Waals surface area contributed by atoms with Gasteiger partial charge in [-0.2, -0.15) is 0 Å². The van der Waals surface area contributed by atoms with Crippen LogP contribution in [0.3, 0.4) is 0 Å². The van der Waals surface area contributed by atoms with Crippen molar-refractivity contribution in [1.82, 2.24) is 5.32 Å². The van der Waals surface area contributed by atoms with Crippen molar-refractivity contribution in [3.05, 3.63) is 88.7 Å². The SMILES string of the molecule is CNC(=O)c1c(-c2ccc(F)cc2)oc2cc(NCCCCOCCc3ccc(C(=O)O)cc3)c(C3CC3)cc12. The van der Waals surface area contributed by atoms with E-state index in [-0.39, 0.29) is 17.3 Å². The van der Waals surface area contributed by atoms with E-state index >= 15 is 0 Å². The van der Waals surface area contributed by atoms with Crippen LogP contribution in [0.1, 0.15) is 63.4 Å². The zero-order valence-corrected chi connectivity index (χ0v) is 22.5. The number of amides is 1. The average Bonchev–Trinajstić information content (AvgIpc) is 3.74. The Hall–Kier alpha value is -4.17. The van der Waals surface area contributed by atoms with Gasteiger partial charge in [-0.15, -0.1) is 0 Å². The lowest BCUT2D eigenvalue weighted by Gasteiger charge is -2.12. The van der Waals surface area contributed by atoms with E-state index in [4.69, 9.17) is 14.3 Å². The molecule has 0 bridgehead atoms. The monoisotopic (exact) mass is 544 g/mol. The van der Waals surface area contributed by atoms with Gasteiger partial charge in [0.1, 0.15) is 17.2 Å². The molecule has 1 aliphatic carbocycles. The Labute approximate surface area is 232 Å². The lowest BCUT2D eigenvalue weighted by Crippen LogP contribution is -2.18. The summed E-state index contributed by atoms with van der Waals surface area (Å²) >= 11 is 0. The first-order chi connectivity index (χ1) is 19.4. The second-order valence-electron chi connectivity index (χ2n) is 10.1. The molecule has 3 N–H and O–H groups in total. The fourth-order valence-electron chi connectivity index (χ4n) is 4.86. The minimum Gasteiger partial charge on any atom is -0.478 e. The van der Waals surface area contributed by atoms with E-state index in [9.17, 15) is 14.0 Å². The fraction of sp³-hybridized carbons (Fsp3) is 0.312. The maximum atomic E-state index is 13.5. The van der Waals surface area contributed by atoms with Gasteiger partial charge in [0.05, 0.1) is 17.7 Å². The first-order valence-electron chi connectivity index (χ1n) is 13.7. The Bertz CT molecular complexity index is 1490. The lowest BCUT2D eigenvalue weighted by molar-refractivity contribution is 0.0696. The number of furan rings is 1. The molecule has 5 rings (SSSR count). The fourth-order valence-corrected chi connectivity index (χ4v) is 4.86. The molecule has 3 aromatic carbocycles. The van der Waals surface area contributed by atoms with Crippen molar-refractivity contribution in [2.24, 2.45) is 0 Å². The molecular weight excluding hydrogens is 511 g/mol. The molecule has 1 saturated carbocycles. The quantitative estimate of drug-likeness (QED) is 0.164. The molecule has 208 valence electrons. The van der Waals surface area contributed by atoms with Gasteiger partial charge >= 0.3 is 5.97 Å². The molecule has 0 radical (unpaired) electrons. The molecule has 0 saturated heterocycles. The van der Waals surface area contributed by atoms with Gasteiger partial charge in [0, 0.05) is 42.9 Å². The molecule has 1 aromatic heterocycles. The summed E-state index contributed by atoms with van der Waals surface area (Å²) in [5, 5.41) is 16.0.